The molecule has 0 aliphatic heterocycles. The van der Waals surface area contributed by atoms with E-state index in [-0.39, 0.29) is 0 Å². The van der Waals surface area contributed by atoms with E-state index >= 15 is 0 Å². The van der Waals surface area contributed by atoms with Gasteiger partial charge in [-0.25, -0.2) is 0 Å². The number of thiophene rings is 1. The lowest BCUT2D eigenvalue weighted by atomic mass is 9.92. The van der Waals surface area contributed by atoms with Gasteiger partial charge in [-0.05, 0) is 106 Å². The van der Waals surface area contributed by atoms with Crippen molar-refractivity contribution >= 4 is 52.4 Å². The van der Waals surface area contributed by atoms with Gasteiger partial charge in [-0.2, -0.15) is 0 Å². The Kier molecular flexibility index (Phi) is 14.6. The summed E-state index contributed by atoms with van der Waals surface area (Å²) in [5.41, 5.74) is 13.7. The van der Waals surface area contributed by atoms with Crippen LogP contribution in [-0.2, 0) is 6.42 Å². The van der Waals surface area contributed by atoms with Crippen LogP contribution in [0.5, 0.6) is 0 Å². The van der Waals surface area contributed by atoms with Crippen LogP contribution in [0.3, 0.4) is 0 Å². The standard InChI is InChI=1S/C54H53NS/c1-5-8-9-10-13-26-47(39-46(20-6-2)43-22-14-11-15-23-43)44-33-31-42(32-34-44)38-48(21-7-3)50(45-24-16-12-17-25-45)29-19-36-55-49-27-18-28-51-52-37-41(4)30-35-53(52)56-54(51)40-49/h5-6,8-20,22-26,28-36,38-41,55H,1,7,21,27,37H2,2-4H3/b9-8-,13-10-,20-6+,36-19+,46-39+,47-26+,48-38?,50-29-. The summed E-state index contributed by atoms with van der Waals surface area (Å²) >= 11 is 1.91. The Morgan fingerprint density at radius 2 is 1.54 bits per heavy atom. The highest BCUT2D eigenvalue weighted by atomic mass is 32.1. The maximum atomic E-state index is 3.79. The van der Waals surface area contributed by atoms with Crippen molar-refractivity contribution in [2.24, 2.45) is 5.92 Å². The van der Waals surface area contributed by atoms with Gasteiger partial charge in [0.15, 0.2) is 0 Å². The number of nitrogens with one attached hydrogen (secondary N) is 1. The summed E-state index contributed by atoms with van der Waals surface area (Å²) in [5.74, 6) is 0.594. The van der Waals surface area contributed by atoms with Crippen molar-refractivity contribution in [2.75, 3.05) is 0 Å². The van der Waals surface area contributed by atoms with Crippen LogP contribution in [0, 0.1) is 5.92 Å². The molecule has 0 spiro atoms. The van der Waals surface area contributed by atoms with Crippen molar-refractivity contribution in [3.63, 3.8) is 0 Å². The van der Waals surface area contributed by atoms with Crippen LogP contribution in [0.1, 0.15) is 83.2 Å². The van der Waals surface area contributed by atoms with Gasteiger partial charge in [0, 0.05) is 28.1 Å². The zero-order valence-corrected chi connectivity index (χ0v) is 33.8. The van der Waals surface area contributed by atoms with Crippen molar-refractivity contribution in [1.29, 1.82) is 0 Å². The van der Waals surface area contributed by atoms with Gasteiger partial charge in [-0.15, -0.1) is 11.3 Å². The van der Waals surface area contributed by atoms with E-state index in [0.29, 0.717) is 5.92 Å². The molecule has 56 heavy (non-hydrogen) atoms. The minimum Gasteiger partial charge on any atom is -0.365 e. The Bertz CT molecular complexity index is 2290. The summed E-state index contributed by atoms with van der Waals surface area (Å²) in [6, 6.07) is 30.3. The lowest BCUT2D eigenvalue weighted by Gasteiger charge is -2.13. The van der Waals surface area contributed by atoms with E-state index in [2.05, 4.69) is 203 Å². The molecule has 1 aromatic heterocycles. The molecule has 4 aromatic rings. The quantitative estimate of drug-likeness (QED) is 0.119. The third kappa shape index (κ3) is 10.8. The molecule has 2 heteroatoms. The van der Waals surface area contributed by atoms with E-state index in [1.165, 1.54) is 54.4 Å². The zero-order valence-electron chi connectivity index (χ0n) is 33.0. The van der Waals surface area contributed by atoms with Crippen LogP contribution in [0.15, 0.2) is 188 Å². The summed E-state index contributed by atoms with van der Waals surface area (Å²) < 4.78 is 0. The summed E-state index contributed by atoms with van der Waals surface area (Å²) in [6.45, 7) is 10.4. The second kappa shape index (κ2) is 20.6. The summed E-state index contributed by atoms with van der Waals surface area (Å²) in [5, 5.41) is 3.62. The van der Waals surface area contributed by atoms with Crippen LogP contribution < -0.4 is 5.32 Å². The Balaban J connectivity index is 1.28. The van der Waals surface area contributed by atoms with Crippen molar-refractivity contribution in [2.45, 2.75) is 46.5 Å². The number of fused-ring (bicyclic) bond motifs is 3. The molecule has 280 valence electrons. The van der Waals surface area contributed by atoms with Crippen LogP contribution in [-0.4, -0.2) is 0 Å². The highest BCUT2D eigenvalue weighted by Gasteiger charge is 2.20. The molecule has 1 heterocycles. The number of hydrogen-bond donors (Lipinski definition) is 1. The van der Waals surface area contributed by atoms with E-state index in [9.17, 15) is 0 Å². The minimum absolute atomic E-state index is 0.594. The molecule has 0 saturated carbocycles. The summed E-state index contributed by atoms with van der Waals surface area (Å²) in [4.78, 5) is 2.76. The first-order valence-corrected chi connectivity index (χ1v) is 20.6. The molecular weight excluding hydrogens is 695 g/mol. The summed E-state index contributed by atoms with van der Waals surface area (Å²) in [7, 11) is 0. The molecule has 2 aliphatic rings. The minimum atomic E-state index is 0.594. The molecule has 6 rings (SSSR count). The van der Waals surface area contributed by atoms with Crippen LogP contribution in [0.2, 0.25) is 0 Å². The monoisotopic (exact) mass is 747 g/mol. The average Bonchev–Trinajstić information content (AvgIpc) is 3.42. The second-order valence-corrected chi connectivity index (χ2v) is 15.2. The lowest BCUT2D eigenvalue weighted by molar-refractivity contribution is 0.719. The molecule has 1 unspecified atom stereocenters. The number of benzene rings is 3. The van der Waals surface area contributed by atoms with Crippen molar-refractivity contribution < 1.29 is 0 Å². The molecular formula is C54H53NS. The predicted octanol–water partition coefficient (Wildman–Crippen LogP) is 15.1. The fraction of sp³-hybridized carbons (Fsp3) is 0.148. The zero-order chi connectivity index (χ0) is 39.0. The van der Waals surface area contributed by atoms with Gasteiger partial charge in [-0.3, -0.25) is 0 Å². The second-order valence-electron chi connectivity index (χ2n) is 14.1. The number of rotatable bonds is 15. The van der Waals surface area contributed by atoms with E-state index < -0.39 is 0 Å². The Labute approximate surface area is 339 Å². The molecule has 1 nitrogen and oxygen atoms in total. The predicted molar refractivity (Wildman–Crippen MR) is 250 cm³/mol. The molecule has 0 fully saturated rings. The Morgan fingerprint density at radius 3 is 2.27 bits per heavy atom. The third-order valence-corrected chi connectivity index (χ3v) is 11.0. The van der Waals surface area contributed by atoms with Gasteiger partial charge >= 0.3 is 0 Å². The average molecular weight is 748 g/mol. The third-order valence-electron chi connectivity index (χ3n) is 9.81. The van der Waals surface area contributed by atoms with E-state index in [1.807, 2.05) is 29.6 Å². The van der Waals surface area contributed by atoms with Gasteiger partial charge in [0.2, 0.25) is 0 Å². The van der Waals surface area contributed by atoms with Gasteiger partial charge in [-0.1, -0.05) is 191 Å². The topological polar surface area (TPSA) is 12.0 Å². The van der Waals surface area contributed by atoms with Gasteiger partial charge < -0.3 is 5.32 Å². The first-order chi connectivity index (χ1) is 27.6. The SMILES string of the molecule is C=C\C=C/C=C\C=C(/C=C(\C=C\C)c1ccccc1)c1ccc(C=C(CCC)/C(=C\C=C\NC2=Cc3sc4c(c3C=CC2)CC(C)C=C4)c2ccccc2)cc1. The van der Waals surface area contributed by atoms with Crippen LogP contribution in [0.4, 0.5) is 0 Å². The smallest absolute Gasteiger partial charge is 0.0369 e. The fourth-order valence-electron chi connectivity index (χ4n) is 7.05. The molecule has 0 bridgehead atoms. The maximum absolute atomic E-state index is 3.79. The van der Waals surface area contributed by atoms with Crippen LogP contribution in [0.25, 0.3) is 41.0 Å². The van der Waals surface area contributed by atoms with Crippen molar-refractivity contribution in [3.8, 4) is 0 Å². The normalized spacial score (nSPS) is 16.5. The lowest BCUT2D eigenvalue weighted by Crippen LogP contribution is -2.03. The highest BCUT2D eigenvalue weighted by molar-refractivity contribution is 7.14. The Hall–Kier alpha value is -5.96. The van der Waals surface area contributed by atoms with E-state index in [4.69, 9.17) is 0 Å². The first kappa shape index (κ1) is 39.7. The fourth-order valence-corrected chi connectivity index (χ4v) is 8.25. The molecule has 1 atom stereocenters. The van der Waals surface area contributed by atoms with Crippen molar-refractivity contribution in [3.05, 3.63) is 231 Å². The van der Waals surface area contributed by atoms with Crippen molar-refractivity contribution in [1.82, 2.24) is 5.32 Å². The molecule has 0 saturated heterocycles. The number of allylic oxidation sites excluding steroid dienone is 17. The van der Waals surface area contributed by atoms with E-state index in [0.717, 1.165) is 42.4 Å². The molecule has 3 aromatic carbocycles. The highest BCUT2D eigenvalue weighted by Crippen LogP contribution is 2.38. The van der Waals surface area contributed by atoms with Gasteiger partial charge in [0.1, 0.15) is 0 Å². The maximum Gasteiger partial charge on any atom is 0.0369 e. The van der Waals surface area contributed by atoms with Gasteiger partial charge in [0.05, 0.1) is 0 Å². The van der Waals surface area contributed by atoms with E-state index in [1.54, 1.807) is 6.08 Å². The number of hydrogen-bond acceptors (Lipinski definition) is 2. The molecule has 0 amide bonds. The largest absolute Gasteiger partial charge is 0.365 e. The summed E-state index contributed by atoms with van der Waals surface area (Å²) in [6.07, 6.45) is 43.1. The first-order valence-electron chi connectivity index (χ1n) is 19.8. The van der Waals surface area contributed by atoms with Gasteiger partial charge in [0.25, 0.3) is 0 Å². The van der Waals surface area contributed by atoms with Crippen LogP contribution >= 0.6 is 11.3 Å². The molecule has 1 N–H and O–H groups in total. The Morgan fingerprint density at radius 1 is 0.804 bits per heavy atom. The molecule has 0 radical (unpaired) electrons. The molecule has 2 aliphatic carbocycles.